The lowest BCUT2D eigenvalue weighted by atomic mass is 9.97. The Morgan fingerprint density at radius 2 is 2.13 bits per heavy atom. The van der Waals surface area contributed by atoms with Gasteiger partial charge in [-0.05, 0) is 50.3 Å². The predicted octanol–water partition coefficient (Wildman–Crippen LogP) is 3.97. The smallest absolute Gasteiger partial charge is 0.308 e. The third-order valence-electron chi connectivity index (χ3n) is 5.76. The van der Waals surface area contributed by atoms with Crippen molar-refractivity contribution in [2.75, 3.05) is 12.4 Å². The van der Waals surface area contributed by atoms with Crippen molar-refractivity contribution in [3.63, 3.8) is 0 Å². The Balaban J connectivity index is 1.76. The van der Waals surface area contributed by atoms with E-state index in [9.17, 15) is 14.4 Å². The number of aryl methyl sites for hydroxylation is 2. The lowest BCUT2D eigenvalue weighted by Gasteiger charge is -2.17. The second-order valence-corrected chi connectivity index (χ2v) is 9.78. The van der Waals surface area contributed by atoms with E-state index in [1.54, 1.807) is 16.3 Å². The third-order valence-corrected chi connectivity index (χ3v) is 8.40. The van der Waals surface area contributed by atoms with E-state index in [-0.39, 0.29) is 17.4 Å². The summed E-state index contributed by atoms with van der Waals surface area (Å²) in [5, 5.41) is 0.702. The maximum absolute atomic E-state index is 13.5. The molecule has 1 aliphatic carbocycles. The summed E-state index contributed by atoms with van der Waals surface area (Å²) in [6, 6.07) is 0. The van der Waals surface area contributed by atoms with Gasteiger partial charge in [0.05, 0.1) is 17.9 Å². The molecule has 0 spiro atoms. The van der Waals surface area contributed by atoms with Gasteiger partial charge >= 0.3 is 5.97 Å². The van der Waals surface area contributed by atoms with E-state index in [1.807, 2.05) is 6.92 Å². The lowest BCUT2D eigenvalue weighted by Crippen LogP contribution is -2.25. The van der Waals surface area contributed by atoms with Crippen LogP contribution in [0.25, 0.3) is 15.1 Å². The molecular weight excluding hydrogens is 420 g/mol. The minimum Gasteiger partial charge on any atom is -0.466 e. The molecule has 160 valence electrons. The zero-order valence-corrected chi connectivity index (χ0v) is 19.0. The minimum absolute atomic E-state index is 0.00796. The number of hydrogen-bond donors (Lipinski definition) is 0. The summed E-state index contributed by atoms with van der Waals surface area (Å²) < 4.78 is 6.94. The van der Waals surface area contributed by atoms with Gasteiger partial charge in [-0.2, -0.15) is 0 Å². The van der Waals surface area contributed by atoms with Gasteiger partial charge < -0.3 is 4.74 Å². The van der Waals surface area contributed by atoms with Gasteiger partial charge in [-0.1, -0.05) is 6.92 Å². The summed E-state index contributed by atoms with van der Waals surface area (Å²) >= 11 is 3.24. The van der Waals surface area contributed by atoms with Crippen molar-refractivity contribution in [1.82, 2.24) is 9.55 Å². The van der Waals surface area contributed by atoms with Crippen molar-refractivity contribution in [2.45, 2.75) is 58.9 Å². The SMILES string of the molecule is CCCSC1=C(C=O)CCc2c1sc1nc3n(c(=O)c21)CCC(C(=O)OCC)CC3. The molecule has 0 amide bonds. The monoisotopic (exact) mass is 446 g/mol. The second-order valence-electron chi connectivity index (χ2n) is 7.67. The molecule has 1 atom stereocenters. The molecule has 2 aromatic rings. The molecule has 0 bridgehead atoms. The predicted molar refractivity (Wildman–Crippen MR) is 121 cm³/mol. The summed E-state index contributed by atoms with van der Waals surface area (Å²) in [5.74, 6) is 1.33. The molecule has 6 nitrogen and oxygen atoms in total. The summed E-state index contributed by atoms with van der Waals surface area (Å²) in [4.78, 5) is 44.9. The maximum Gasteiger partial charge on any atom is 0.308 e. The Hall–Kier alpha value is -1.93. The molecule has 0 saturated heterocycles. The summed E-state index contributed by atoms with van der Waals surface area (Å²) in [6.07, 6.45) is 5.19. The molecular formula is C22H26N2O4S2. The van der Waals surface area contributed by atoms with E-state index in [0.29, 0.717) is 50.6 Å². The number of aldehydes is 1. The summed E-state index contributed by atoms with van der Waals surface area (Å²) in [5.41, 5.74) is 1.87. The highest BCUT2D eigenvalue weighted by Crippen LogP contribution is 2.45. The fourth-order valence-corrected chi connectivity index (χ4v) is 6.75. The Kier molecular flexibility index (Phi) is 6.43. The molecule has 0 aromatic carbocycles. The van der Waals surface area contributed by atoms with Crippen LogP contribution in [0.15, 0.2) is 10.4 Å². The summed E-state index contributed by atoms with van der Waals surface area (Å²) in [6.45, 7) is 4.79. The van der Waals surface area contributed by atoms with Gasteiger partial charge in [0.25, 0.3) is 5.56 Å². The normalized spacial score (nSPS) is 18.7. The molecule has 4 rings (SSSR count). The van der Waals surface area contributed by atoms with Crippen LogP contribution in [0.2, 0.25) is 0 Å². The Morgan fingerprint density at radius 3 is 2.87 bits per heavy atom. The Morgan fingerprint density at radius 1 is 1.30 bits per heavy atom. The zero-order valence-electron chi connectivity index (χ0n) is 17.4. The van der Waals surface area contributed by atoms with E-state index < -0.39 is 0 Å². The van der Waals surface area contributed by atoms with Crippen LogP contribution in [0.3, 0.4) is 0 Å². The average molecular weight is 447 g/mol. The zero-order chi connectivity index (χ0) is 21.3. The first kappa shape index (κ1) is 21.3. The molecule has 0 saturated carbocycles. The number of nitrogens with zero attached hydrogens (tertiary/aromatic N) is 2. The van der Waals surface area contributed by atoms with Crippen molar-refractivity contribution in [3.8, 4) is 0 Å². The number of allylic oxidation sites excluding steroid dienone is 1. The number of carbonyl (C=O) groups is 2. The first-order chi connectivity index (χ1) is 14.6. The van der Waals surface area contributed by atoms with Gasteiger partial charge in [0.2, 0.25) is 0 Å². The highest BCUT2D eigenvalue weighted by atomic mass is 32.2. The fraction of sp³-hybridized carbons (Fsp3) is 0.545. The molecule has 2 aliphatic rings. The molecule has 0 N–H and O–H groups in total. The molecule has 0 radical (unpaired) electrons. The van der Waals surface area contributed by atoms with Gasteiger partial charge in [0.15, 0.2) is 0 Å². The third kappa shape index (κ3) is 3.75. The van der Waals surface area contributed by atoms with Gasteiger partial charge in [-0.25, -0.2) is 4.98 Å². The lowest BCUT2D eigenvalue weighted by molar-refractivity contribution is -0.148. The van der Waals surface area contributed by atoms with Crippen LogP contribution >= 0.6 is 23.1 Å². The van der Waals surface area contributed by atoms with Crippen LogP contribution in [-0.2, 0) is 33.7 Å². The second kappa shape index (κ2) is 9.06. The van der Waals surface area contributed by atoms with Crippen molar-refractivity contribution < 1.29 is 14.3 Å². The van der Waals surface area contributed by atoms with Crippen molar-refractivity contribution in [3.05, 3.63) is 32.2 Å². The van der Waals surface area contributed by atoms with Crippen molar-refractivity contribution in [2.24, 2.45) is 5.92 Å². The number of ether oxygens (including phenoxy) is 1. The minimum atomic E-state index is -0.187. The topological polar surface area (TPSA) is 78.3 Å². The number of rotatable bonds is 6. The molecule has 0 fully saturated rings. The van der Waals surface area contributed by atoms with Crippen molar-refractivity contribution in [1.29, 1.82) is 0 Å². The number of thiophene rings is 1. The van der Waals surface area contributed by atoms with Crippen LogP contribution < -0.4 is 5.56 Å². The molecule has 3 heterocycles. The largest absolute Gasteiger partial charge is 0.466 e. The molecule has 30 heavy (non-hydrogen) atoms. The van der Waals surface area contributed by atoms with E-state index in [2.05, 4.69) is 6.92 Å². The van der Waals surface area contributed by atoms with Gasteiger partial charge in [0.1, 0.15) is 16.9 Å². The van der Waals surface area contributed by atoms with Crippen LogP contribution in [0.1, 0.15) is 55.8 Å². The van der Waals surface area contributed by atoms with Gasteiger partial charge in [-0.15, -0.1) is 23.1 Å². The molecule has 8 heteroatoms. The molecule has 1 unspecified atom stereocenters. The van der Waals surface area contributed by atoms with Gasteiger partial charge in [-0.3, -0.25) is 19.0 Å². The number of fused-ring (bicyclic) bond motifs is 4. The fourth-order valence-electron chi connectivity index (χ4n) is 4.25. The Labute approximate surface area is 183 Å². The number of esters is 1. The standard InChI is InChI=1S/C22H26N2O4S2/c1-3-11-29-18-14(12-25)5-7-15-17-20(30-19(15)18)23-16-8-6-13(22(27)28-4-2)9-10-24(16)21(17)26/h12-13H,3-11H2,1-2H3. The molecule has 2 aromatic heterocycles. The van der Waals surface area contributed by atoms with Gasteiger partial charge in [0, 0.05) is 28.3 Å². The van der Waals surface area contributed by atoms with Crippen LogP contribution in [0.5, 0.6) is 0 Å². The van der Waals surface area contributed by atoms with Crippen LogP contribution in [0.4, 0.5) is 0 Å². The Bertz CT molecular complexity index is 1080. The number of thioether (sulfide) groups is 1. The van der Waals surface area contributed by atoms with Crippen molar-refractivity contribution >= 4 is 50.5 Å². The quantitative estimate of drug-likeness (QED) is 0.493. The highest BCUT2D eigenvalue weighted by molar-refractivity contribution is 8.08. The first-order valence-electron chi connectivity index (χ1n) is 10.6. The van der Waals surface area contributed by atoms with E-state index in [1.165, 1.54) is 11.3 Å². The number of hydrogen-bond acceptors (Lipinski definition) is 7. The summed E-state index contributed by atoms with van der Waals surface area (Å²) in [7, 11) is 0. The molecule has 1 aliphatic heterocycles. The van der Waals surface area contributed by atoms with Crippen LogP contribution in [-0.4, -0.2) is 34.2 Å². The number of aromatic nitrogens is 2. The number of carbonyl (C=O) groups excluding carboxylic acids is 2. The maximum atomic E-state index is 13.5. The highest BCUT2D eigenvalue weighted by Gasteiger charge is 2.29. The van der Waals surface area contributed by atoms with E-state index in [4.69, 9.17) is 9.72 Å². The average Bonchev–Trinajstić information content (AvgIpc) is 2.97. The van der Waals surface area contributed by atoms with E-state index >= 15 is 0 Å². The van der Waals surface area contributed by atoms with Crippen LogP contribution in [0, 0.1) is 5.92 Å². The van der Waals surface area contributed by atoms with E-state index in [0.717, 1.165) is 50.0 Å². The first-order valence-corrected chi connectivity index (χ1v) is 12.4.